The second-order valence-electron chi connectivity index (χ2n) is 2.82. The van der Waals surface area contributed by atoms with Crippen molar-refractivity contribution in [1.82, 2.24) is 4.98 Å². The molecule has 11 heavy (non-hydrogen) atoms. The molecule has 1 heterocycles. The van der Waals surface area contributed by atoms with E-state index >= 15 is 0 Å². The second kappa shape index (κ2) is 3.39. The fourth-order valence-corrected chi connectivity index (χ4v) is 0.821. The minimum Gasteiger partial charge on any atom is -0.367 e. The van der Waals surface area contributed by atoms with Crippen molar-refractivity contribution in [1.29, 1.82) is 0 Å². The molecule has 0 saturated heterocycles. The molecule has 0 radical (unpaired) electrons. The summed E-state index contributed by atoms with van der Waals surface area (Å²) in [6.45, 7) is 4.02. The van der Waals surface area contributed by atoms with Crippen molar-refractivity contribution in [2.45, 2.75) is 19.9 Å². The van der Waals surface area contributed by atoms with Gasteiger partial charge in [-0.2, -0.15) is 0 Å². The molecule has 1 aromatic rings. The zero-order chi connectivity index (χ0) is 8.27. The zero-order valence-corrected chi connectivity index (χ0v) is 6.96. The Bertz CT molecular complexity index is 232. The van der Waals surface area contributed by atoms with Crippen molar-refractivity contribution in [3.05, 3.63) is 29.6 Å². The van der Waals surface area contributed by atoms with Gasteiger partial charge < -0.3 is 10.7 Å². The van der Waals surface area contributed by atoms with Gasteiger partial charge in [0.15, 0.2) is 0 Å². The van der Waals surface area contributed by atoms with Crippen LogP contribution in [0.15, 0.2) is 24.0 Å². The second-order valence-corrected chi connectivity index (χ2v) is 2.82. The van der Waals surface area contributed by atoms with E-state index in [4.69, 9.17) is 5.73 Å². The first-order valence-corrected chi connectivity index (χ1v) is 3.76. The maximum absolute atomic E-state index is 5.67. The molecule has 3 N–H and O–H groups in total. The highest BCUT2D eigenvalue weighted by Crippen LogP contribution is 2.06. The third kappa shape index (κ3) is 2.24. The lowest BCUT2D eigenvalue weighted by atomic mass is 10.1. The molecule has 0 bridgehead atoms. The van der Waals surface area contributed by atoms with Crippen LogP contribution >= 0.6 is 0 Å². The molecule has 0 aromatic carbocycles. The Hall–Kier alpha value is -1.02. The van der Waals surface area contributed by atoms with E-state index < -0.39 is 0 Å². The largest absolute Gasteiger partial charge is 0.367 e. The molecule has 1 aromatic heterocycles. The van der Waals surface area contributed by atoms with Crippen LogP contribution in [0.4, 0.5) is 0 Å². The molecule has 0 spiro atoms. The Morgan fingerprint density at radius 3 is 2.91 bits per heavy atom. The summed E-state index contributed by atoms with van der Waals surface area (Å²) in [5.74, 6) is 0. The van der Waals surface area contributed by atoms with Crippen LogP contribution in [-0.4, -0.2) is 11.0 Å². The average Bonchev–Trinajstić information content (AvgIpc) is 2.39. The molecule has 1 unspecified atom stereocenters. The molecule has 0 aliphatic heterocycles. The molecule has 0 fully saturated rings. The van der Waals surface area contributed by atoms with Crippen LogP contribution in [-0.2, 0) is 0 Å². The van der Waals surface area contributed by atoms with Crippen LogP contribution < -0.4 is 5.73 Å². The number of nitrogens with one attached hydrogen (secondary N) is 1. The van der Waals surface area contributed by atoms with E-state index in [9.17, 15) is 0 Å². The van der Waals surface area contributed by atoms with Crippen LogP contribution in [0.25, 0.3) is 6.08 Å². The third-order valence-corrected chi connectivity index (χ3v) is 1.73. The Morgan fingerprint density at radius 1 is 1.73 bits per heavy atom. The van der Waals surface area contributed by atoms with Crippen LogP contribution in [0, 0.1) is 0 Å². The maximum atomic E-state index is 5.67. The van der Waals surface area contributed by atoms with Crippen LogP contribution in [0.2, 0.25) is 0 Å². The Kier molecular flexibility index (Phi) is 2.49. The lowest BCUT2D eigenvalue weighted by Crippen LogP contribution is -2.15. The summed E-state index contributed by atoms with van der Waals surface area (Å²) in [6, 6.07) is 2.16. The predicted molar refractivity (Wildman–Crippen MR) is 48.1 cm³/mol. The van der Waals surface area contributed by atoms with Gasteiger partial charge in [0.05, 0.1) is 0 Å². The van der Waals surface area contributed by atoms with Crippen molar-refractivity contribution in [2.75, 3.05) is 0 Å². The monoisotopic (exact) mass is 150 g/mol. The van der Waals surface area contributed by atoms with Crippen molar-refractivity contribution in [3.8, 4) is 0 Å². The lowest BCUT2D eigenvalue weighted by Gasteiger charge is -2.03. The molecule has 60 valence electrons. The summed E-state index contributed by atoms with van der Waals surface area (Å²) < 4.78 is 0. The van der Waals surface area contributed by atoms with Gasteiger partial charge in [-0.05, 0) is 25.5 Å². The molecule has 1 atom stereocenters. The minimum atomic E-state index is 0.143. The molecule has 0 saturated carbocycles. The highest BCUT2D eigenvalue weighted by Gasteiger charge is 1.95. The molecule has 1 rings (SSSR count). The smallest absolute Gasteiger partial charge is 0.0225 e. The fourth-order valence-electron chi connectivity index (χ4n) is 0.821. The Labute approximate surface area is 67.1 Å². The van der Waals surface area contributed by atoms with Crippen LogP contribution in [0.3, 0.4) is 0 Å². The summed E-state index contributed by atoms with van der Waals surface area (Å²) in [6.07, 6.45) is 5.94. The van der Waals surface area contributed by atoms with Crippen LogP contribution in [0.1, 0.15) is 19.4 Å². The van der Waals surface area contributed by atoms with Gasteiger partial charge in [-0.1, -0.05) is 11.6 Å². The van der Waals surface area contributed by atoms with Gasteiger partial charge >= 0.3 is 0 Å². The van der Waals surface area contributed by atoms with Crippen molar-refractivity contribution in [2.24, 2.45) is 5.73 Å². The first-order valence-electron chi connectivity index (χ1n) is 3.76. The predicted octanol–water partition coefficient (Wildman–Crippen LogP) is 1.77. The van der Waals surface area contributed by atoms with E-state index in [-0.39, 0.29) is 6.04 Å². The molecular weight excluding hydrogens is 136 g/mol. The summed E-state index contributed by atoms with van der Waals surface area (Å²) in [7, 11) is 0. The van der Waals surface area contributed by atoms with Crippen molar-refractivity contribution < 1.29 is 0 Å². The molecule has 2 nitrogen and oxygen atoms in total. The number of rotatable bonds is 2. The van der Waals surface area contributed by atoms with Gasteiger partial charge in [0.1, 0.15) is 0 Å². The van der Waals surface area contributed by atoms with Gasteiger partial charge in [0.2, 0.25) is 0 Å². The van der Waals surface area contributed by atoms with Gasteiger partial charge in [-0.3, -0.25) is 0 Å². The standard InChI is InChI=1S/C9H14N2/c1-7(8(2)10)5-9-3-4-11-6-9/h3-6,8,11H,10H2,1-2H3/b7-5+. The molecule has 0 aliphatic carbocycles. The summed E-state index contributed by atoms with van der Waals surface area (Å²) in [4.78, 5) is 2.99. The van der Waals surface area contributed by atoms with Gasteiger partial charge in [0.25, 0.3) is 0 Å². The van der Waals surface area contributed by atoms with E-state index in [1.165, 1.54) is 11.1 Å². The van der Waals surface area contributed by atoms with Gasteiger partial charge in [-0.15, -0.1) is 0 Å². The SMILES string of the molecule is C/C(=C\c1cc[nH]c1)C(C)N. The average molecular weight is 150 g/mol. The Morgan fingerprint density at radius 2 is 2.45 bits per heavy atom. The summed E-state index contributed by atoms with van der Waals surface area (Å²) >= 11 is 0. The first-order chi connectivity index (χ1) is 5.20. The summed E-state index contributed by atoms with van der Waals surface area (Å²) in [5, 5.41) is 0. The van der Waals surface area contributed by atoms with E-state index in [2.05, 4.69) is 11.1 Å². The fraction of sp³-hybridized carbons (Fsp3) is 0.333. The van der Waals surface area contributed by atoms with Crippen LogP contribution in [0.5, 0.6) is 0 Å². The highest BCUT2D eigenvalue weighted by molar-refractivity contribution is 5.52. The van der Waals surface area contributed by atoms with E-state index in [1.807, 2.05) is 32.3 Å². The number of H-pyrrole nitrogens is 1. The molecular formula is C9H14N2. The highest BCUT2D eigenvalue weighted by atomic mass is 14.6. The lowest BCUT2D eigenvalue weighted by molar-refractivity contribution is 0.868. The zero-order valence-electron chi connectivity index (χ0n) is 6.96. The van der Waals surface area contributed by atoms with E-state index in [1.54, 1.807) is 0 Å². The van der Waals surface area contributed by atoms with E-state index in [0.29, 0.717) is 0 Å². The van der Waals surface area contributed by atoms with Crippen molar-refractivity contribution in [3.63, 3.8) is 0 Å². The molecule has 0 amide bonds. The van der Waals surface area contributed by atoms with Crippen molar-refractivity contribution >= 4 is 6.08 Å². The number of hydrogen-bond donors (Lipinski definition) is 2. The number of aromatic amines is 1. The Balaban J connectivity index is 2.74. The first kappa shape index (κ1) is 8.08. The van der Waals surface area contributed by atoms with E-state index in [0.717, 1.165) is 0 Å². The van der Waals surface area contributed by atoms with Gasteiger partial charge in [-0.25, -0.2) is 0 Å². The summed E-state index contributed by atoms with van der Waals surface area (Å²) in [5.41, 5.74) is 8.05. The quantitative estimate of drug-likeness (QED) is 0.662. The topological polar surface area (TPSA) is 41.8 Å². The molecule has 2 heteroatoms. The minimum absolute atomic E-state index is 0.143. The number of aromatic nitrogens is 1. The number of hydrogen-bond acceptors (Lipinski definition) is 1. The molecule has 0 aliphatic rings. The maximum Gasteiger partial charge on any atom is 0.0225 e. The number of nitrogens with two attached hydrogens (primary N) is 1. The van der Waals surface area contributed by atoms with Gasteiger partial charge in [0, 0.05) is 18.4 Å². The third-order valence-electron chi connectivity index (χ3n) is 1.73. The normalized spacial score (nSPS) is 15.0.